The van der Waals surface area contributed by atoms with Gasteiger partial charge >= 0.3 is 0 Å². The summed E-state index contributed by atoms with van der Waals surface area (Å²) >= 11 is 18.4. The van der Waals surface area contributed by atoms with Crippen LogP contribution in [-0.4, -0.2) is 7.05 Å². The van der Waals surface area contributed by atoms with Crippen LogP contribution in [0.5, 0.6) is 0 Å². The van der Waals surface area contributed by atoms with Gasteiger partial charge in [-0.2, -0.15) is 0 Å². The lowest BCUT2D eigenvalue weighted by Gasteiger charge is -2.15. The first kappa shape index (κ1) is 14.7. The number of halogens is 3. The van der Waals surface area contributed by atoms with Crippen LogP contribution in [0.2, 0.25) is 15.1 Å². The zero-order chi connectivity index (χ0) is 15.0. The number of fused-ring (bicyclic) bond motifs is 1. The molecule has 0 spiro atoms. The molecule has 1 unspecified atom stereocenters. The second kappa shape index (κ2) is 5.90. The van der Waals surface area contributed by atoms with Crippen LogP contribution in [0.4, 0.5) is 0 Å². The van der Waals surface area contributed by atoms with Crippen molar-refractivity contribution in [3.8, 4) is 0 Å². The van der Waals surface area contributed by atoms with Gasteiger partial charge in [0.25, 0.3) is 0 Å². The zero-order valence-electron chi connectivity index (χ0n) is 11.2. The molecule has 0 aliphatic rings. The number of nitrogens with one attached hydrogen (secondary N) is 1. The van der Waals surface area contributed by atoms with Gasteiger partial charge in [-0.1, -0.05) is 53.0 Å². The summed E-state index contributed by atoms with van der Waals surface area (Å²) in [6.45, 7) is 0. The molecule has 0 aliphatic heterocycles. The Hall–Kier alpha value is -1.19. The highest BCUT2D eigenvalue weighted by Gasteiger charge is 2.20. The van der Waals surface area contributed by atoms with Crippen LogP contribution in [0, 0.1) is 0 Å². The van der Waals surface area contributed by atoms with E-state index in [1.54, 1.807) is 12.1 Å². The van der Waals surface area contributed by atoms with Gasteiger partial charge in [-0.05, 0) is 36.9 Å². The van der Waals surface area contributed by atoms with E-state index in [1.165, 1.54) is 0 Å². The van der Waals surface area contributed by atoms with E-state index in [0.29, 0.717) is 20.7 Å². The quantitative estimate of drug-likeness (QED) is 0.661. The molecule has 3 aromatic rings. The lowest BCUT2D eigenvalue weighted by molar-refractivity contribution is 0.492. The second-order valence-electron chi connectivity index (χ2n) is 4.69. The second-order valence-corrected chi connectivity index (χ2v) is 5.95. The van der Waals surface area contributed by atoms with Crippen molar-refractivity contribution in [2.75, 3.05) is 7.05 Å². The fraction of sp³-hybridized carbons (Fsp3) is 0.125. The Balaban J connectivity index is 2.11. The predicted molar refractivity (Wildman–Crippen MR) is 88.6 cm³/mol. The molecule has 0 radical (unpaired) electrons. The monoisotopic (exact) mass is 339 g/mol. The van der Waals surface area contributed by atoms with Crippen LogP contribution in [0.15, 0.2) is 46.9 Å². The topological polar surface area (TPSA) is 25.2 Å². The van der Waals surface area contributed by atoms with Crippen molar-refractivity contribution >= 4 is 45.8 Å². The first-order valence-electron chi connectivity index (χ1n) is 6.40. The van der Waals surface area contributed by atoms with E-state index in [1.807, 2.05) is 37.4 Å². The van der Waals surface area contributed by atoms with Crippen molar-refractivity contribution < 1.29 is 4.42 Å². The Morgan fingerprint density at radius 1 is 1.00 bits per heavy atom. The molecule has 0 aliphatic carbocycles. The summed E-state index contributed by atoms with van der Waals surface area (Å²) in [4.78, 5) is 0. The van der Waals surface area contributed by atoms with Crippen molar-refractivity contribution in [1.29, 1.82) is 0 Å². The molecule has 21 heavy (non-hydrogen) atoms. The molecule has 1 atom stereocenters. The standard InChI is InChI=1S/C16H12Cl3NO/c1-20-15(11-6-5-10(17)8-13(11)19)14-7-9-3-2-4-12(18)16(9)21-14/h2-8,15,20H,1H3. The van der Waals surface area contributed by atoms with E-state index in [-0.39, 0.29) is 6.04 Å². The third-order valence-corrected chi connectivity index (χ3v) is 4.22. The van der Waals surface area contributed by atoms with Crippen molar-refractivity contribution in [3.63, 3.8) is 0 Å². The van der Waals surface area contributed by atoms with Gasteiger partial charge in [-0.3, -0.25) is 0 Å². The van der Waals surface area contributed by atoms with E-state index < -0.39 is 0 Å². The average molecular weight is 341 g/mol. The number of hydrogen-bond acceptors (Lipinski definition) is 2. The normalized spacial score (nSPS) is 12.8. The molecule has 3 rings (SSSR count). The molecular formula is C16H12Cl3NO. The summed E-state index contributed by atoms with van der Waals surface area (Å²) in [5.41, 5.74) is 1.58. The van der Waals surface area contributed by atoms with Gasteiger partial charge in [0.05, 0.1) is 11.1 Å². The van der Waals surface area contributed by atoms with Crippen LogP contribution in [0.3, 0.4) is 0 Å². The molecule has 2 aromatic carbocycles. The molecule has 1 heterocycles. The summed E-state index contributed by atoms with van der Waals surface area (Å²) in [5.74, 6) is 0.754. The number of para-hydroxylation sites is 1. The number of rotatable bonds is 3. The lowest BCUT2D eigenvalue weighted by Crippen LogP contribution is -2.17. The lowest BCUT2D eigenvalue weighted by atomic mass is 10.0. The Labute approximate surface area is 137 Å². The van der Waals surface area contributed by atoms with Gasteiger partial charge in [-0.25, -0.2) is 0 Å². The van der Waals surface area contributed by atoms with Crippen LogP contribution in [0.1, 0.15) is 17.4 Å². The Bertz CT molecular complexity index is 797. The molecule has 0 bridgehead atoms. The van der Waals surface area contributed by atoms with E-state index in [9.17, 15) is 0 Å². The van der Waals surface area contributed by atoms with Gasteiger partial charge in [0, 0.05) is 15.4 Å². The molecule has 1 aromatic heterocycles. The van der Waals surface area contributed by atoms with Crippen molar-refractivity contribution in [2.24, 2.45) is 0 Å². The van der Waals surface area contributed by atoms with Crippen molar-refractivity contribution in [3.05, 3.63) is 68.9 Å². The fourth-order valence-corrected chi connectivity index (χ4v) is 3.11. The highest BCUT2D eigenvalue weighted by Crippen LogP contribution is 2.34. The van der Waals surface area contributed by atoms with E-state index in [2.05, 4.69) is 5.32 Å². The van der Waals surface area contributed by atoms with Gasteiger partial charge in [0.15, 0.2) is 5.58 Å². The maximum Gasteiger partial charge on any atom is 0.152 e. The summed E-state index contributed by atoms with van der Waals surface area (Å²) in [6.07, 6.45) is 0. The van der Waals surface area contributed by atoms with E-state index >= 15 is 0 Å². The molecule has 0 fully saturated rings. The minimum Gasteiger partial charge on any atom is -0.457 e. The molecule has 0 amide bonds. The third-order valence-electron chi connectivity index (χ3n) is 3.36. The maximum atomic E-state index is 6.29. The Morgan fingerprint density at radius 2 is 1.81 bits per heavy atom. The van der Waals surface area contributed by atoms with Crippen LogP contribution in [0.25, 0.3) is 11.0 Å². The summed E-state index contributed by atoms with van der Waals surface area (Å²) < 4.78 is 5.91. The molecule has 2 nitrogen and oxygen atoms in total. The predicted octanol–water partition coefficient (Wildman–Crippen LogP) is 5.70. The number of benzene rings is 2. The van der Waals surface area contributed by atoms with Crippen LogP contribution in [-0.2, 0) is 0 Å². The molecular weight excluding hydrogens is 329 g/mol. The van der Waals surface area contributed by atoms with Crippen molar-refractivity contribution in [1.82, 2.24) is 5.32 Å². The minimum atomic E-state index is -0.168. The number of furan rings is 1. The summed E-state index contributed by atoms with van der Waals surface area (Å²) in [7, 11) is 1.85. The number of hydrogen-bond donors (Lipinski definition) is 1. The van der Waals surface area contributed by atoms with E-state index in [0.717, 1.165) is 16.7 Å². The van der Waals surface area contributed by atoms with Crippen LogP contribution < -0.4 is 5.32 Å². The molecule has 0 saturated heterocycles. The molecule has 1 N–H and O–H groups in total. The van der Waals surface area contributed by atoms with Gasteiger partial charge in [0.2, 0.25) is 0 Å². The molecule has 5 heteroatoms. The smallest absolute Gasteiger partial charge is 0.152 e. The highest BCUT2D eigenvalue weighted by atomic mass is 35.5. The molecule has 108 valence electrons. The van der Waals surface area contributed by atoms with Gasteiger partial charge in [-0.15, -0.1) is 0 Å². The molecule has 0 saturated carbocycles. The van der Waals surface area contributed by atoms with Crippen molar-refractivity contribution in [2.45, 2.75) is 6.04 Å². The van der Waals surface area contributed by atoms with Gasteiger partial charge in [0.1, 0.15) is 5.76 Å². The van der Waals surface area contributed by atoms with E-state index in [4.69, 9.17) is 39.2 Å². The van der Waals surface area contributed by atoms with Gasteiger partial charge < -0.3 is 9.73 Å². The third kappa shape index (κ3) is 2.77. The minimum absolute atomic E-state index is 0.168. The SMILES string of the molecule is CNC(c1cc2cccc(Cl)c2o1)c1ccc(Cl)cc1Cl. The fourth-order valence-electron chi connectivity index (χ4n) is 2.38. The summed E-state index contributed by atoms with van der Waals surface area (Å²) in [6, 6.07) is 12.9. The highest BCUT2D eigenvalue weighted by molar-refractivity contribution is 6.35. The Morgan fingerprint density at radius 3 is 2.48 bits per heavy atom. The first-order chi connectivity index (χ1) is 10.1. The summed E-state index contributed by atoms with van der Waals surface area (Å²) in [5, 5.41) is 5.96. The average Bonchev–Trinajstić information content (AvgIpc) is 2.87. The zero-order valence-corrected chi connectivity index (χ0v) is 13.4. The maximum absolute atomic E-state index is 6.29. The van der Waals surface area contributed by atoms with Crippen LogP contribution >= 0.6 is 34.8 Å². The largest absolute Gasteiger partial charge is 0.457 e. The first-order valence-corrected chi connectivity index (χ1v) is 7.53. The Kier molecular flexibility index (Phi) is 4.14.